The zero-order chi connectivity index (χ0) is 29.5. The quantitative estimate of drug-likeness (QED) is 0.0430. The predicted molar refractivity (Wildman–Crippen MR) is 184 cm³/mol. The van der Waals surface area contributed by atoms with Crippen molar-refractivity contribution in [2.75, 3.05) is 0 Å². The molecule has 0 aromatic carbocycles. The van der Waals surface area contributed by atoms with Crippen LogP contribution in [0.2, 0.25) is 0 Å². The molecular formula is C39H66O. The van der Waals surface area contributed by atoms with Crippen LogP contribution >= 0.6 is 0 Å². The highest BCUT2D eigenvalue weighted by molar-refractivity contribution is 5.48. The summed E-state index contributed by atoms with van der Waals surface area (Å²) in [5.74, 6) is 0. The van der Waals surface area contributed by atoms with Crippen molar-refractivity contribution >= 4 is 6.29 Å². The number of aldehydes is 1. The van der Waals surface area contributed by atoms with E-state index in [4.69, 9.17) is 0 Å². The Kier molecular flexibility index (Phi) is 41.3. The minimum Gasteiger partial charge on any atom is -0.303 e. The van der Waals surface area contributed by atoms with Crippen molar-refractivity contribution in [2.24, 2.45) is 0 Å². The van der Waals surface area contributed by atoms with Crippen molar-refractivity contribution < 1.29 is 4.79 Å². The van der Waals surface area contributed by atoms with Gasteiger partial charge in [0.1, 0.15) is 6.29 Å². The van der Waals surface area contributed by atoms with Gasteiger partial charge < -0.3 is 4.79 Å². The van der Waals surface area contributed by atoms with Gasteiger partial charge in [-0.05, 0) is 70.6 Å². The first kappa shape index (κ1) is 40.0. The maximum absolute atomic E-state index is 10.1. The largest absolute Gasteiger partial charge is 0.303 e. The van der Waals surface area contributed by atoms with Crippen molar-refractivity contribution in [3.63, 3.8) is 0 Å². The third-order valence-corrected chi connectivity index (χ3v) is 6.44. The number of carbonyl (C=O) groups is 1. The molecule has 0 aromatic rings. The number of hydrogen-bond donors (Lipinski definition) is 0. The molecule has 228 valence electrons. The van der Waals surface area contributed by atoms with E-state index in [0.29, 0.717) is 0 Å². The number of unbranched alkanes of at least 4 members (excludes halogenated alkanes) is 13. The van der Waals surface area contributed by atoms with Gasteiger partial charge >= 0.3 is 0 Å². The van der Waals surface area contributed by atoms with Crippen LogP contribution in [-0.4, -0.2) is 6.29 Å². The molecule has 0 rings (SSSR count). The Morgan fingerprint density at radius 2 is 0.725 bits per heavy atom. The monoisotopic (exact) mass is 551 g/mol. The summed E-state index contributed by atoms with van der Waals surface area (Å²) >= 11 is 0. The second-order valence-corrected chi connectivity index (χ2v) is 10.4. The molecular weight excluding hydrogens is 484 g/mol. The Hall–Kier alpha value is -2.15. The fourth-order valence-corrected chi connectivity index (χ4v) is 4.00. The lowest BCUT2D eigenvalue weighted by Crippen LogP contribution is -1.81. The molecule has 0 radical (unpaired) electrons. The van der Waals surface area contributed by atoms with Crippen molar-refractivity contribution in [1.82, 2.24) is 0 Å². The summed E-state index contributed by atoms with van der Waals surface area (Å²) in [6, 6.07) is 0. The minimum absolute atomic E-state index is 0.746. The summed E-state index contributed by atoms with van der Waals surface area (Å²) in [5, 5.41) is 0. The van der Waals surface area contributed by atoms with E-state index in [0.717, 1.165) is 57.7 Å². The Balaban J connectivity index is 0. The van der Waals surface area contributed by atoms with Gasteiger partial charge in [-0.2, -0.15) is 0 Å². The fraction of sp³-hybridized carbons (Fsp3) is 0.615. The van der Waals surface area contributed by atoms with E-state index in [1.165, 1.54) is 83.5 Å². The van der Waals surface area contributed by atoms with Crippen LogP contribution in [0.5, 0.6) is 0 Å². The lowest BCUT2D eigenvalue weighted by atomic mass is 10.1. The van der Waals surface area contributed by atoms with Gasteiger partial charge in [0, 0.05) is 6.42 Å². The van der Waals surface area contributed by atoms with Gasteiger partial charge in [0.2, 0.25) is 0 Å². The van der Waals surface area contributed by atoms with E-state index in [1.807, 2.05) is 0 Å². The van der Waals surface area contributed by atoms with Crippen LogP contribution in [0.15, 0.2) is 85.1 Å². The molecule has 0 atom stereocenters. The summed E-state index contributed by atoms with van der Waals surface area (Å²) in [5.41, 5.74) is 0. The van der Waals surface area contributed by atoms with Crippen LogP contribution in [0.25, 0.3) is 0 Å². The van der Waals surface area contributed by atoms with E-state index in [-0.39, 0.29) is 0 Å². The maximum atomic E-state index is 10.1. The molecule has 0 N–H and O–H groups in total. The predicted octanol–water partition coefficient (Wildman–Crippen LogP) is 13.3. The van der Waals surface area contributed by atoms with Gasteiger partial charge in [-0.1, -0.05) is 164 Å². The summed E-state index contributed by atoms with van der Waals surface area (Å²) < 4.78 is 0. The number of hydrogen-bond acceptors (Lipinski definition) is 1. The highest BCUT2D eigenvalue weighted by Gasteiger charge is 1.91. The molecule has 0 aliphatic rings. The minimum atomic E-state index is 0.746. The second kappa shape index (κ2) is 41.3. The number of carbonyl (C=O) groups excluding carboxylic acids is 1. The summed E-state index contributed by atoms with van der Waals surface area (Å²) in [6.45, 7) is 6.59. The molecule has 0 fully saturated rings. The Labute approximate surface area is 251 Å². The van der Waals surface area contributed by atoms with Gasteiger partial charge in [-0.25, -0.2) is 0 Å². The third kappa shape index (κ3) is 42.9. The van der Waals surface area contributed by atoms with Crippen LogP contribution < -0.4 is 0 Å². The normalized spacial score (nSPS) is 12.4. The summed E-state index contributed by atoms with van der Waals surface area (Å²) in [4.78, 5) is 10.1. The van der Waals surface area contributed by atoms with Crippen molar-refractivity contribution in [3.05, 3.63) is 85.1 Å². The summed E-state index contributed by atoms with van der Waals surface area (Å²) in [6.07, 6.45) is 57.8. The van der Waals surface area contributed by atoms with E-state index in [2.05, 4.69) is 106 Å². The topological polar surface area (TPSA) is 17.1 Å². The van der Waals surface area contributed by atoms with Crippen molar-refractivity contribution in [1.29, 1.82) is 0 Å². The highest BCUT2D eigenvalue weighted by atomic mass is 16.1. The summed E-state index contributed by atoms with van der Waals surface area (Å²) in [7, 11) is 0. The van der Waals surface area contributed by atoms with Gasteiger partial charge in [0.05, 0.1) is 0 Å². The number of rotatable bonds is 27. The molecule has 0 saturated carbocycles. The second-order valence-electron chi connectivity index (χ2n) is 10.4. The van der Waals surface area contributed by atoms with E-state index >= 15 is 0 Å². The van der Waals surface area contributed by atoms with Crippen LogP contribution in [0.3, 0.4) is 0 Å². The zero-order valence-electron chi connectivity index (χ0n) is 26.9. The van der Waals surface area contributed by atoms with Gasteiger partial charge in [-0.15, -0.1) is 0 Å². The van der Waals surface area contributed by atoms with Crippen LogP contribution in [-0.2, 0) is 4.79 Å². The molecule has 1 nitrogen and oxygen atoms in total. The highest BCUT2D eigenvalue weighted by Crippen LogP contribution is 2.09. The Bertz CT molecular complexity index is 671. The van der Waals surface area contributed by atoms with E-state index in [1.54, 1.807) is 0 Å². The molecule has 0 heterocycles. The molecule has 0 aromatic heterocycles. The SMILES string of the molecule is CC/C=C\C/C=C\C/C=C\C/C=C\C/C=C\CCCCCCC.CC/C=C\C=C/CCCCCCCCCC=O. The van der Waals surface area contributed by atoms with Crippen LogP contribution in [0, 0.1) is 0 Å². The maximum Gasteiger partial charge on any atom is 0.119 e. The molecule has 0 aliphatic heterocycles. The average Bonchev–Trinajstić information content (AvgIpc) is 2.97. The van der Waals surface area contributed by atoms with Crippen LogP contribution in [0.4, 0.5) is 0 Å². The lowest BCUT2D eigenvalue weighted by molar-refractivity contribution is -0.107. The molecule has 1 heteroatoms. The van der Waals surface area contributed by atoms with Gasteiger partial charge in [-0.3, -0.25) is 0 Å². The molecule has 0 amide bonds. The van der Waals surface area contributed by atoms with Crippen molar-refractivity contribution in [3.8, 4) is 0 Å². The lowest BCUT2D eigenvalue weighted by Gasteiger charge is -1.99. The zero-order valence-corrected chi connectivity index (χ0v) is 26.9. The number of allylic oxidation sites excluding steroid dienone is 14. The Morgan fingerprint density at radius 3 is 1.20 bits per heavy atom. The first-order valence-electron chi connectivity index (χ1n) is 16.8. The smallest absolute Gasteiger partial charge is 0.119 e. The van der Waals surface area contributed by atoms with Crippen LogP contribution in [0.1, 0.15) is 156 Å². The fourth-order valence-electron chi connectivity index (χ4n) is 4.00. The first-order chi connectivity index (χ1) is 19.8. The van der Waals surface area contributed by atoms with E-state index < -0.39 is 0 Å². The molecule has 40 heavy (non-hydrogen) atoms. The van der Waals surface area contributed by atoms with Gasteiger partial charge in [0.25, 0.3) is 0 Å². The molecule has 0 spiro atoms. The molecule has 0 saturated heterocycles. The van der Waals surface area contributed by atoms with Crippen molar-refractivity contribution in [2.45, 2.75) is 156 Å². The molecule has 0 aliphatic carbocycles. The molecule has 0 unspecified atom stereocenters. The average molecular weight is 551 g/mol. The van der Waals surface area contributed by atoms with Gasteiger partial charge in [0.15, 0.2) is 0 Å². The van der Waals surface area contributed by atoms with E-state index in [9.17, 15) is 4.79 Å². The standard InChI is InChI=1S/C23H38.C16H28O/c1-3-5-7-9-11-13-15-17-19-21-23-22-20-18-16-14-12-10-8-6-4-2;1-2-3-4-5-6-7-8-9-10-11-12-13-14-15-16-17/h5,7,11,13,16-19,22-23H,3-4,6,8-10,12,14-15,20-21H2,1-2H3;3-6,16H,2,7-15H2,1H3/b7-5-,13-11-,18-16-,19-17-,23-22-;4-3-,6-5-. The molecule has 0 bridgehead atoms. The Morgan fingerprint density at radius 1 is 0.350 bits per heavy atom. The third-order valence-electron chi connectivity index (χ3n) is 6.44. The first-order valence-corrected chi connectivity index (χ1v) is 16.8.